The fraction of sp³-hybridized carbons (Fsp3) is 0.143. The minimum atomic E-state index is -0.0794. The van der Waals surface area contributed by atoms with E-state index in [1.54, 1.807) is 0 Å². The number of hydrogen-bond acceptors (Lipinski definition) is 2. The van der Waals surface area contributed by atoms with Crippen molar-refractivity contribution in [3.63, 3.8) is 0 Å². The van der Waals surface area contributed by atoms with E-state index < -0.39 is 0 Å². The van der Waals surface area contributed by atoms with E-state index in [0.717, 1.165) is 39.7 Å². The lowest BCUT2D eigenvalue weighted by molar-refractivity contribution is 0.477. The molecule has 2 heteroatoms. The molecule has 0 radical (unpaired) electrons. The van der Waals surface area contributed by atoms with E-state index in [4.69, 9.17) is 4.74 Å². The van der Waals surface area contributed by atoms with Crippen LogP contribution in [0.4, 0.5) is 17.1 Å². The predicted octanol–water partition coefficient (Wildman–Crippen LogP) is 15.5. The summed E-state index contributed by atoms with van der Waals surface area (Å²) in [5, 5.41) is 0. The van der Waals surface area contributed by atoms with Crippen LogP contribution in [0.3, 0.4) is 0 Å². The van der Waals surface area contributed by atoms with Gasteiger partial charge in [-0.15, -0.1) is 0 Å². The van der Waals surface area contributed by atoms with Crippen molar-refractivity contribution in [2.24, 2.45) is 0 Å². The third-order valence-electron chi connectivity index (χ3n) is 13.2. The zero-order chi connectivity index (χ0) is 39.5. The largest absolute Gasteiger partial charge is 0.453 e. The van der Waals surface area contributed by atoms with Crippen LogP contribution in [0.15, 0.2) is 164 Å². The highest BCUT2D eigenvalue weighted by atomic mass is 16.5. The van der Waals surface area contributed by atoms with Gasteiger partial charge in [0.15, 0.2) is 11.5 Å². The molecule has 0 spiro atoms. The summed E-state index contributed by atoms with van der Waals surface area (Å²) in [5.41, 5.74) is 23.5. The van der Waals surface area contributed by atoms with E-state index in [-0.39, 0.29) is 10.8 Å². The van der Waals surface area contributed by atoms with Crippen LogP contribution in [0, 0.1) is 13.8 Å². The number of ether oxygens (including phenoxy) is 1. The van der Waals surface area contributed by atoms with Gasteiger partial charge in [0.2, 0.25) is 0 Å². The first kappa shape index (κ1) is 34.6. The van der Waals surface area contributed by atoms with E-state index in [0.29, 0.717) is 0 Å². The Morgan fingerprint density at radius 2 is 0.741 bits per heavy atom. The van der Waals surface area contributed by atoms with E-state index in [9.17, 15) is 0 Å². The molecule has 11 rings (SSSR count). The first-order valence-corrected chi connectivity index (χ1v) is 20.5. The Morgan fingerprint density at radius 1 is 0.362 bits per heavy atom. The summed E-state index contributed by atoms with van der Waals surface area (Å²) in [4.78, 5) is 2.35. The van der Waals surface area contributed by atoms with E-state index in [2.05, 4.69) is 210 Å². The lowest BCUT2D eigenvalue weighted by Gasteiger charge is -2.33. The summed E-state index contributed by atoms with van der Waals surface area (Å²) in [5.74, 6) is 1.68. The second kappa shape index (κ2) is 12.4. The lowest BCUT2D eigenvalue weighted by Crippen LogP contribution is -2.16. The molecule has 58 heavy (non-hydrogen) atoms. The van der Waals surface area contributed by atoms with Crippen LogP contribution >= 0.6 is 0 Å². The summed E-state index contributed by atoms with van der Waals surface area (Å²) in [6.45, 7) is 13.8. The van der Waals surface area contributed by atoms with Crippen molar-refractivity contribution >= 4 is 17.1 Å². The molecular weight excluding hydrogens is 703 g/mol. The topological polar surface area (TPSA) is 12.5 Å². The monoisotopic (exact) mass is 747 g/mol. The molecule has 2 aliphatic carbocycles. The number of hydrogen-bond donors (Lipinski definition) is 0. The van der Waals surface area contributed by atoms with Gasteiger partial charge in [0.1, 0.15) is 0 Å². The standard InChI is InChI=1S/C56H45NO/c1-34-12-22-43-45-24-16-38(30-49(45)55(3,4)47(43)28-34)40-18-26-51-53(32-40)58-54-33-41(39-17-25-46-44-23-13-35(2)29-48(44)56(5,6)50(46)31-39)19-27-52(54)57(51)42-20-14-37(15-21-42)36-10-8-7-9-11-36/h7-33H,1-6H3. The molecule has 0 N–H and O–H groups in total. The highest BCUT2D eigenvalue weighted by Crippen LogP contribution is 2.55. The molecular formula is C56H45NO. The molecule has 1 aliphatic heterocycles. The molecule has 0 unspecified atom stereocenters. The van der Waals surface area contributed by atoms with Crippen LogP contribution < -0.4 is 9.64 Å². The Morgan fingerprint density at radius 3 is 1.22 bits per heavy atom. The van der Waals surface area contributed by atoms with Crippen molar-refractivity contribution in [2.75, 3.05) is 4.90 Å². The van der Waals surface area contributed by atoms with Crippen molar-refractivity contribution in [1.82, 2.24) is 0 Å². The molecule has 0 saturated carbocycles. The summed E-state index contributed by atoms with van der Waals surface area (Å²) in [6.07, 6.45) is 0. The maximum Gasteiger partial charge on any atom is 0.152 e. The first-order valence-electron chi connectivity index (χ1n) is 20.5. The third-order valence-corrected chi connectivity index (χ3v) is 13.2. The maximum atomic E-state index is 7.00. The van der Waals surface area contributed by atoms with Gasteiger partial charge in [-0.3, -0.25) is 0 Å². The average Bonchev–Trinajstić information content (AvgIpc) is 3.60. The van der Waals surface area contributed by atoms with Crippen molar-refractivity contribution in [1.29, 1.82) is 0 Å². The Kier molecular flexibility index (Phi) is 7.41. The number of fused-ring (bicyclic) bond motifs is 8. The van der Waals surface area contributed by atoms with Gasteiger partial charge < -0.3 is 9.64 Å². The highest BCUT2D eigenvalue weighted by Gasteiger charge is 2.37. The van der Waals surface area contributed by atoms with Crippen molar-refractivity contribution in [3.8, 4) is 67.1 Å². The third kappa shape index (κ3) is 5.17. The number of nitrogens with zero attached hydrogens (tertiary/aromatic N) is 1. The van der Waals surface area contributed by atoms with E-state index in [1.807, 2.05) is 0 Å². The second-order valence-electron chi connectivity index (χ2n) is 17.6. The van der Waals surface area contributed by atoms with Gasteiger partial charge in [-0.25, -0.2) is 0 Å². The van der Waals surface area contributed by atoms with E-state index >= 15 is 0 Å². The summed E-state index contributed by atoms with van der Waals surface area (Å²) in [6, 6.07) is 60.6. The van der Waals surface area contributed by atoms with Gasteiger partial charge in [-0.2, -0.15) is 0 Å². The van der Waals surface area contributed by atoms with Gasteiger partial charge in [0.05, 0.1) is 11.4 Å². The first-order chi connectivity index (χ1) is 28.0. The molecule has 8 aromatic rings. The van der Waals surface area contributed by atoms with Gasteiger partial charge in [-0.1, -0.05) is 154 Å². The number of aryl methyl sites for hydroxylation is 2. The minimum absolute atomic E-state index is 0.0794. The Bertz CT molecular complexity index is 2820. The van der Waals surface area contributed by atoms with Crippen molar-refractivity contribution < 1.29 is 4.74 Å². The van der Waals surface area contributed by atoms with Crippen LogP contribution in [-0.4, -0.2) is 0 Å². The molecule has 1 heterocycles. The van der Waals surface area contributed by atoms with Gasteiger partial charge in [0.25, 0.3) is 0 Å². The fourth-order valence-electron chi connectivity index (χ4n) is 9.94. The molecule has 0 saturated heterocycles. The molecule has 0 fully saturated rings. The SMILES string of the molecule is Cc1ccc2c(c1)C(C)(C)c1cc(-c3ccc4c(c3)Oc3cc(-c5ccc6c(c5)C(C)(C)c5cc(C)ccc5-6)ccc3N4c3ccc(-c4ccccc4)cc3)ccc1-2. The molecule has 0 amide bonds. The van der Waals surface area contributed by atoms with Crippen molar-refractivity contribution in [3.05, 3.63) is 197 Å². The Labute approximate surface area is 342 Å². The lowest BCUT2D eigenvalue weighted by atomic mass is 9.81. The Balaban J connectivity index is 1.01. The molecule has 2 nitrogen and oxygen atoms in total. The van der Waals surface area contributed by atoms with Gasteiger partial charge >= 0.3 is 0 Å². The zero-order valence-corrected chi connectivity index (χ0v) is 33.9. The molecule has 0 atom stereocenters. The Hall–Kier alpha value is -6.64. The summed E-state index contributed by atoms with van der Waals surface area (Å²) in [7, 11) is 0. The van der Waals surface area contributed by atoms with Crippen LogP contribution in [0.2, 0.25) is 0 Å². The van der Waals surface area contributed by atoms with Gasteiger partial charge in [-0.05, 0) is 140 Å². The summed E-state index contributed by atoms with van der Waals surface area (Å²) < 4.78 is 7.00. The molecule has 3 aliphatic rings. The molecule has 0 bridgehead atoms. The second-order valence-corrected chi connectivity index (χ2v) is 17.6. The quantitative estimate of drug-likeness (QED) is 0.178. The van der Waals surface area contributed by atoms with Crippen LogP contribution in [0.1, 0.15) is 61.1 Å². The molecule has 8 aromatic carbocycles. The van der Waals surface area contributed by atoms with Crippen LogP contribution in [0.5, 0.6) is 11.5 Å². The van der Waals surface area contributed by atoms with Crippen LogP contribution in [0.25, 0.3) is 55.6 Å². The van der Waals surface area contributed by atoms with Crippen molar-refractivity contribution in [2.45, 2.75) is 52.4 Å². The molecule has 0 aromatic heterocycles. The summed E-state index contributed by atoms with van der Waals surface area (Å²) >= 11 is 0. The van der Waals surface area contributed by atoms with Crippen LogP contribution in [-0.2, 0) is 10.8 Å². The minimum Gasteiger partial charge on any atom is -0.453 e. The zero-order valence-electron chi connectivity index (χ0n) is 33.9. The average molecular weight is 748 g/mol. The maximum absolute atomic E-state index is 7.00. The van der Waals surface area contributed by atoms with Gasteiger partial charge in [0, 0.05) is 16.5 Å². The van der Waals surface area contributed by atoms with E-state index in [1.165, 1.54) is 77.9 Å². The predicted molar refractivity (Wildman–Crippen MR) is 242 cm³/mol. The highest BCUT2D eigenvalue weighted by molar-refractivity contribution is 5.91. The number of anilines is 3. The fourth-order valence-corrected chi connectivity index (χ4v) is 9.94. The smallest absolute Gasteiger partial charge is 0.152 e. The number of benzene rings is 8. The normalized spacial score (nSPS) is 14.8. The molecule has 280 valence electrons. The number of rotatable bonds is 4.